The summed E-state index contributed by atoms with van der Waals surface area (Å²) < 4.78 is 59.2. The van der Waals surface area contributed by atoms with Gasteiger partial charge in [0, 0.05) is 6.20 Å². The highest BCUT2D eigenvalue weighted by atomic mass is 19.4. The number of ketones is 1. The Balaban J connectivity index is 1.81. The lowest BCUT2D eigenvalue weighted by Crippen LogP contribution is -2.26. The number of pyridine rings is 1. The zero-order valence-electron chi connectivity index (χ0n) is 16.2. The van der Waals surface area contributed by atoms with Gasteiger partial charge in [0.05, 0.1) is 5.56 Å². The number of halogens is 4. The summed E-state index contributed by atoms with van der Waals surface area (Å²) in [6, 6.07) is 12.2. The van der Waals surface area contributed by atoms with Gasteiger partial charge in [-0.15, -0.1) is 13.2 Å². The van der Waals surface area contributed by atoms with Gasteiger partial charge < -0.3 is 14.6 Å². The van der Waals surface area contributed by atoms with Gasteiger partial charge in [-0.3, -0.25) is 9.59 Å². The van der Waals surface area contributed by atoms with E-state index in [1.165, 1.54) is 42.6 Å². The minimum Gasteiger partial charge on any atom is -0.481 e. The van der Waals surface area contributed by atoms with Crippen LogP contribution in [-0.4, -0.2) is 28.2 Å². The van der Waals surface area contributed by atoms with E-state index in [0.29, 0.717) is 5.56 Å². The summed E-state index contributed by atoms with van der Waals surface area (Å²) in [5.41, 5.74) is 0.200. The van der Waals surface area contributed by atoms with E-state index in [1.807, 2.05) is 0 Å². The predicted molar refractivity (Wildman–Crippen MR) is 103 cm³/mol. The lowest BCUT2D eigenvalue weighted by Gasteiger charge is -2.15. The van der Waals surface area contributed by atoms with Gasteiger partial charge in [0.25, 0.3) is 0 Å². The third-order valence-electron chi connectivity index (χ3n) is 4.28. The second-order valence-corrected chi connectivity index (χ2v) is 6.56. The van der Waals surface area contributed by atoms with Crippen LogP contribution in [0, 0.1) is 11.7 Å². The maximum Gasteiger partial charge on any atom is 0.573 e. The molecule has 1 unspecified atom stereocenters. The largest absolute Gasteiger partial charge is 0.573 e. The van der Waals surface area contributed by atoms with E-state index in [2.05, 4.69) is 9.72 Å². The van der Waals surface area contributed by atoms with Crippen LogP contribution in [-0.2, 0) is 11.2 Å². The Morgan fingerprint density at radius 1 is 0.969 bits per heavy atom. The number of carboxylic acid groups (broad SMARTS) is 1. The number of carboxylic acids is 1. The maximum atomic E-state index is 13.1. The molecule has 1 heterocycles. The van der Waals surface area contributed by atoms with Crippen LogP contribution in [0.1, 0.15) is 15.9 Å². The molecule has 0 fully saturated rings. The van der Waals surface area contributed by atoms with Crippen LogP contribution in [0.25, 0.3) is 0 Å². The molecule has 0 spiro atoms. The number of aromatic nitrogens is 1. The lowest BCUT2D eigenvalue weighted by atomic mass is 9.91. The summed E-state index contributed by atoms with van der Waals surface area (Å²) in [4.78, 5) is 28.7. The summed E-state index contributed by atoms with van der Waals surface area (Å²) in [7, 11) is 0. The van der Waals surface area contributed by atoms with E-state index in [9.17, 15) is 32.3 Å². The van der Waals surface area contributed by atoms with Crippen molar-refractivity contribution < 1.29 is 41.7 Å². The molecule has 0 aliphatic carbocycles. The van der Waals surface area contributed by atoms with E-state index in [4.69, 9.17) is 4.74 Å². The minimum absolute atomic E-state index is 0.110. The number of Topliss-reactive ketones (excluding diaryl/α,β-unsaturated/α-hetero) is 1. The molecule has 0 saturated heterocycles. The molecule has 0 radical (unpaired) electrons. The first-order valence-electron chi connectivity index (χ1n) is 9.12. The molecule has 1 N–H and O–H groups in total. The van der Waals surface area contributed by atoms with Crippen molar-refractivity contribution in [2.45, 2.75) is 12.8 Å². The Hall–Kier alpha value is -3.95. The normalized spacial score (nSPS) is 12.1. The van der Waals surface area contributed by atoms with Crippen LogP contribution in [0.3, 0.4) is 0 Å². The van der Waals surface area contributed by atoms with Gasteiger partial charge in [-0.25, -0.2) is 9.37 Å². The molecular weight excluding hydrogens is 434 g/mol. The van der Waals surface area contributed by atoms with Crippen LogP contribution in [0.5, 0.6) is 17.4 Å². The molecule has 3 rings (SSSR count). The molecule has 2 aromatic carbocycles. The van der Waals surface area contributed by atoms with Gasteiger partial charge in [0.15, 0.2) is 5.78 Å². The second kappa shape index (κ2) is 9.46. The van der Waals surface area contributed by atoms with Crippen molar-refractivity contribution in [1.82, 2.24) is 4.98 Å². The summed E-state index contributed by atoms with van der Waals surface area (Å²) >= 11 is 0. The first kappa shape index (κ1) is 22.7. The Bertz CT molecular complexity index is 1100. The summed E-state index contributed by atoms with van der Waals surface area (Å²) in [6.45, 7) is 0. The molecule has 10 heteroatoms. The van der Waals surface area contributed by atoms with Crippen LogP contribution in [0.4, 0.5) is 17.6 Å². The number of ether oxygens (including phenoxy) is 2. The van der Waals surface area contributed by atoms with E-state index >= 15 is 0 Å². The highest BCUT2D eigenvalue weighted by Crippen LogP contribution is 2.27. The molecule has 1 atom stereocenters. The van der Waals surface area contributed by atoms with E-state index in [-0.39, 0.29) is 23.6 Å². The van der Waals surface area contributed by atoms with Crippen molar-refractivity contribution in [2.24, 2.45) is 5.92 Å². The molecule has 0 bridgehead atoms. The number of rotatable bonds is 8. The Kier molecular flexibility index (Phi) is 6.72. The standard InChI is InChI=1S/C22H15F4NO5/c23-14-5-9-15(10-6-14)31-20-17(2-1-11-27-20)19(28)18(21(29)30)12-13-3-7-16(8-4-13)32-22(24,25)26/h1-11,18H,12H2,(H,29,30). The molecule has 32 heavy (non-hydrogen) atoms. The molecule has 6 nitrogen and oxygen atoms in total. The van der Waals surface area contributed by atoms with Crippen LogP contribution < -0.4 is 9.47 Å². The zero-order valence-corrected chi connectivity index (χ0v) is 16.2. The molecule has 0 aliphatic heterocycles. The quantitative estimate of drug-likeness (QED) is 0.295. The first-order chi connectivity index (χ1) is 15.1. The minimum atomic E-state index is -4.86. The fraction of sp³-hybridized carbons (Fsp3) is 0.136. The molecule has 166 valence electrons. The smallest absolute Gasteiger partial charge is 0.481 e. The molecule has 1 aromatic heterocycles. The van der Waals surface area contributed by atoms with Gasteiger partial charge in [-0.05, 0) is 60.5 Å². The molecular formula is C22H15F4NO5. The van der Waals surface area contributed by atoms with Gasteiger partial charge in [0.2, 0.25) is 5.88 Å². The monoisotopic (exact) mass is 449 g/mol. The summed E-state index contributed by atoms with van der Waals surface area (Å²) in [5.74, 6) is -4.73. The number of alkyl halides is 3. The van der Waals surface area contributed by atoms with Crippen molar-refractivity contribution in [1.29, 1.82) is 0 Å². The zero-order chi connectivity index (χ0) is 23.3. The Morgan fingerprint density at radius 3 is 2.19 bits per heavy atom. The van der Waals surface area contributed by atoms with E-state index < -0.39 is 35.6 Å². The van der Waals surface area contributed by atoms with Gasteiger partial charge in [0.1, 0.15) is 23.2 Å². The van der Waals surface area contributed by atoms with Crippen molar-refractivity contribution >= 4 is 11.8 Å². The number of aliphatic carboxylic acids is 1. The summed E-state index contributed by atoms with van der Waals surface area (Å²) in [5, 5.41) is 9.59. The van der Waals surface area contributed by atoms with Gasteiger partial charge >= 0.3 is 12.3 Å². The maximum absolute atomic E-state index is 13.1. The fourth-order valence-electron chi connectivity index (χ4n) is 2.82. The van der Waals surface area contributed by atoms with Crippen LogP contribution in [0.15, 0.2) is 66.9 Å². The topological polar surface area (TPSA) is 85.7 Å². The average Bonchev–Trinajstić information content (AvgIpc) is 2.73. The number of hydrogen-bond acceptors (Lipinski definition) is 5. The Morgan fingerprint density at radius 2 is 1.59 bits per heavy atom. The van der Waals surface area contributed by atoms with Crippen LogP contribution in [0.2, 0.25) is 0 Å². The van der Waals surface area contributed by atoms with E-state index in [0.717, 1.165) is 24.3 Å². The number of nitrogens with zero attached hydrogens (tertiary/aromatic N) is 1. The van der Waals surface area contributed by atoms with Gasteiger partial charge in [-0.2, -0.15) is 0 Å². The van der Waals surface area contributed by atoms with Crippen molar-refractivity contribution in [3.63, 3.8) is 0 Å². The average molecular weight is 449 g/mol. The van der Waals surface area contributed by atoms with Crippen molar-refractivity contribution in [3.05, 3.63) is 83.8 Å². The SMILES string of the molecule is O=C(O)C(Cc1ccc(OC(F)(F)F)cc1)C(=O)c1cccnc1Oc1ccc(F)cc1. The fourth-order valence-corrected chi connectivity index (χ4v) is 2.82. The first-order valence-corrected chi connectivity index (χ1v) is 9.12. The molecule has 3 aromatic rings. The van der Waals surface area contributed by atoms with Crippen LogP contribution >= 0.6 is 0 Å². The summed E-state index contributed by atoms with van der Waals surface area (Å²) in [6.07, 6.45) is -3.81. The highest BCUT2D eigenvalue weighted by molar-refractivity contribution is 6.09. The predicted octanol–water partition coefficient (Wildman–Crippen LogP) is 5.04. The van der Waals surface area contributed by atoms with Gasteiger partial charge in [-0.1, -0.05) is 12.1 Å². The second-order valence-electron chi connectivity index (χ2n) is 6.56. The Labute approximate surface area is 179 Å². The van der Waals surface area contributed by atoms with Crippen molar-refractivity contribution in [3.8, 4) is 17.4 Å². The number of carbonyl (C=O) groups is 2. The third kappa shape index (κ3) is 6.03. The molecule has 0 aliphatic rings. The number of benzene rings is 2. The molecule has 0 amide bonds. The lowest BCUT2D eigenvalue weighted by molar-refractivity contribution is -0.274. The van der Waals surface area contributed by atoms with E-state index in [1.54, 1.807) is 0 Å². The molecule has 0 saturated carbocycles. The number of carbonyl (C=O) groups excluding carboxylic acids is 1. The third-order valence-corrected chi connectivity index (χ3v) is 4.28. The van der Waals surface area contributed by atoms with Crippen molar-refractivity contribution in [2.75, 3.05) is 0 Å². The number of hydrogen-bond donors (Lipinski definition) is 1. The highest BCUT2D eigenvalue weighted by Gasteiger charge is 2.32.